The molecule has 1 amide bonds. The molecule has 1 aliphatic rings. The van der Waals surface area contributed by atoms with Crippen LogP contribution in [0, 0.1) is 12.8 Å². The topological polar surface area (TPSA) is 120 Å². The number of allylic oxidation sites excluding steroid dienone is 3. The van der Waals surface area contributed by atoms with Crippen LogP contribution in [0.25, 0.3) is 5.57 Å². The van der Waals surface area contributed by atoms with Crippen molar-refractivity contribution in [1.29, 1.82) is 0 Å². The maximum atomic E-state index is 12.9. The first-order chi connectivity index (χ1) is 17.8. The van der Waals surface area contributed by atoms with Crippen LogP contribution in [-0.4, -0.2) is 22.1 Å². The number of hydrogen-bond acceptors (Lipinski definition) is 7. The fraction of sp³-hybridized carbons (Fsp3) is 0.310. The number of benzene rings is 2. The SMILES string of the molecule is CCC1=C(c2nnc(C)o2)C(c2ccc(C(=O)OCc3ccccc3)cc2)C(C(N)=O)=C(CC(C)C)N1. The molecular formula is C29H32N4O4. The number of amides is 1. The first-order valence-electron chi connectivity index (χ1n) is 12.4. The van der Waals surface area contributed by atoms with Gasteiger partial charge in [0.2, 0.25) is 17.7 Å². The van der Waals surface area contributed by atoms with Crippen molar-refractivity contribution in [3.63, 3.8) is 0 Å². The van der Waals surface area contributed by atoms with Crippen LogP contribution in [0.3, 0.4) is 0 Å². The van der Waals surface area contributed by atoms with Crippen molar-refractivity contribution in [1.82, 2.24) is 15.5 Å². The lowest BCUT2D eigenvalue weighted by Crippen LogP contribution is -2.33. The van der Waals surface area contributed by atoms with Crippen molar-refractivity contribution < 1.29 is 18.7 Å². The van der Waals surface area contributed by atoms with Crippen LogP contribution >= 0.6 is 0 Å². The van der Waals surface area contributed by atoms with Gasteiger partial charge in [-0.1, -0.05) is 63.2 Å². The van der Waals surface area contributed by atoms with Gasteiger partial charge in [0.05, 0.1) is 5.56 Å². The van der Waals surface area contributed by atoms with E-state index >= 15 is 0 Å². The molecule has 1 unspecified atom stereocenters. The van der Waals surface area contributed by atoms with E-state index in [9.17, 15) is 9.59 Å². The highest BCUT2D eigenvalue weighted by Crippen LogP contribution is 2.44. The van der Waals surface area contributed by atoms with E-state index in [0.717, 1.165) is 22.5 Å². The Morgan fingerprint density at radius 3 is 2.32 bits per heavy atom. The molecule has 0 spiro atoms. The van der Waals surface area contributed by atoms with Gasteiger partial charge in [0, 0.05) is 35.4 Å². The molecule has 2 heterocycles. The van der Waals surface area contributed by atoms with Gasteiger partial charge in [-0.25, -0.2) is 4.79 Å². The highest BCUT2D eigenvalue weighted by atomic mass is 16.5. The maximum absolute atomic E-state index is 12.9. The van der Waals surface area contributed by atoms with E-state index in [1.807, 2.05) is 49.4 Å². The van der Waals surface area contributed by atoms with Crippen molar-refractivity contribution in [2.45, 2.75) is 53.1 Å². The number of carbonyl (C=O) groups is 2. The third-order valence-corrected chi connectivity index (χ3v) is 6.21. The molecule has 0 saturated heterocycles. The molecule has 1 aliphatic heterocycles. The molecule has 1 aromatic heterocycles. The summed E-state index contributed by atoms with van der Waals surface area (Å²) < 4.78 is 11.3. The number of nitrogens with two attached hydrogens (primary N) is 1. The van der Waals surface area contributed by atoms with Crippen molar-refractivity contribution in [3.8, 4) is 0 Å². The zero-order valence-electron chi connectivity index (χ0n) is 21.6. The van der Waals surface area contributed by atoms with Crippen molar-refractivity contribution in [3.05, 3.63) is 100 Å². The Morgan fingerprint density at radius 1 is 1.05 bits per heavy atom. The van der Waals surface area contributed by atoms with E-state index in [1.165, 1.54) is 0 Å². The van der Waals surface area contributed by atoms with Gasteiger partial charge < -0.3 is 20.2 Å². The molecule has 8 nitrogen and oxygen atoms in total. The van der Waals surface area contributed by atoms with E-state index in [1.54, 1.807) is 19.1 Å². The molecule has 192 valence electrons. The summed E-state index contributed by atoms with van der Waals surface area (Å²) in [5.74, 6) is -0.430. The number of rotatable bonds is 9. The first-order valence-corrected chi connectivity index (χ1v) is 12.4. The van der Waals surface area contributed by atoms with Crippen LogP contribution in [-0.2, 0) is 16.1 Å². The third kappa shape index (κ3) is 5.80. The van der Waals surface area contributed by atoms with E-state index in [-0.39, 0.29) is 6.61 Å². The Balaban J connectivity index is 1.73. The summed E-state index contributed by atoms with van der Waals surface area (Å²) in [6.45, 7) is 8.11. The predicted octanol–water partition coefficient (Wildman–Crippen LogP) is 5.03. The molecular weight excluding hydrogens is 468 g/mol. The molecule has 37 heavy (non-hydrogen) atoms. The number of aryl methyl sites for hydroxylation is 1. The van der Waals surface area contributed by atoms with E-state index in [2.05, 4.69) is 29.4 Å². The monoisotopic (exact) mass is 500 g/mol. The van der Waals surface area contributed by atoms with Crippen LogP contribution in [0.4, 0.5) is 0 Å². The minimum Gasteiger partial charge on any atom is -0.457 e. The standard InChI is InChI=1S/C29H32N4O4/c1-5-22-26(28-33-32-18(4)37-28)24(25(27(30)34)23(31-22)15-17(2)3)20-11-13-21(14-12-20)29(35)36-16-19-9-7-6-8-10-19/h6-14,17,24,31H,5,15-16H2,1-4H3,(H2,30,34). The van der Waals surface area contributed by atoms with E-state index < -0.39 is 17.8 Å². The number of primary amides is 1. The predicted molar refractivity (Wildman–Crippen MR) is 140 cm³/mol. The van der Waals surface area contributed by atoms with E-state index in [0.29, 0.717) is 47.3 Å². The van der Waals surface area contributed by atoms with Gasteiger partial charge in [0.1, 0.15) is 6.61 Å². The second kappa shape index (κ2) is 11.2. The Bertz CT molecular complexity index is 1340. The third-order valence-electron chi connectivity index (χ3n) is 6.21. The molecule has 0 bridgehead atoms. The number of aromatic nitrogens is 2. The fourth-order valence-corrected chi connectivity index (χ4v) is 4.56. The summed E-state index contributed by atoms with van der Waals surface area (Å²) in [4.78, 5) is 25.5. The number of nitrogens with zero attached hydrogens (tertiary/aromatic N) is 2. The molecule has 8 heteroatoms. The summed E-state index contributed by atoms with van der Waals surface area (Å²) in [5, 5.41) is 11.7. The Hall–Kier alpha value is -4.20. The van der Waals surface area contributed by atoms with Crippen LogP contribution in [0.5, 0.6) is 0 Å². The average molecular weight is 501 g/mol. The summed E-state index contributed by atoms with van der Waals surface area (Å²) in [5.41, 5.74) is 10.9. The summed E-state index contributed by atoms with van der Waals surface area (Å²) >= 11 is 0. The van der Waals surface area contributed by atoms with Gasteiger partial charge in [-0.3, -0.25) is 4.79 Å². The summed E-state index contributed by atoms with van der Waals surface area (Å²) in [7, 11) is 0. The molecule has 0 saturated carbocycles. The Kier molecular flexibility index (Phi) is 7.86. The van der Waals surface area contributed by atoms with Gasteiger partial charge in [0.15, 0.2) is 0 Å². The van der Waals surface area contributed by atoms with Gasteiger partial charge in [-0.2, -0.15) is 0 Å². The normalized spacial score (nSPS) is 15.6. The quantitative estimate of drug-likeness (QED) is 0.395. The summed E-state index contributed by atoms with van der Waals surface area (Å²) in [6.07, 6.45) is 1.31. The fourth-order valence-electron chi connectivity index (χ4n) is 4.56. The number of hydrogen-bond donors (Lipinski definition) is 2. The number of ether oxygens (including phenoxy) is 1. The molecule has 0 fully saturated rings. The first kappa shape index (κ1) is 25.9. The lowest BCUT2D eigenvalue weighted by atomic mass is 9.78. The lowest BCUT2D eigenvalue weighted by Gasteiger charge is -2.32. The highest BCUT2D eigenvalue weighted by Gasteiger charge is 2.37. The average Bonchev–Trinajstić information content (AvgIpc) is 3.32. The van der Waals surface area contributed by atoms with Crippen LogP contribution < -0.4 is 11.1 Å². The van der Waals surface area contributed by atoms with Gasteiger partial charge >= 0.3 is 5.97 Å². The molecule has 0 aliphatic carbocycles. The Morgan fingerprint density at radius 2 is 1.76 bits per heavy atom. The second-order valence-corrected chi connectivity index (χ2v) is 9.47. The molecule has 2 aromatic carbocycles. The minimum absolute atomic E-state index is 0.187. The minimum atomic E-state index is -0.531. The van der Waals surface area contributed by atoms with Gasteiger partial charge in [-0.15, -0.1) is 10.2 Å². The van der Waals surface area contributed by atoms with Crippen molar-refractivity contribution in [2.24, 2.45) is 11.7 Å². The molecule has 4 rings (SSSR count). The zero-order chi connectivity index (χ0) is 26.5. The van der Waals surface area contributed by atoms with Gasteiger partial charge in [0.25, 0.3) is 0 Å². The number of nitrogens with one attached hydrogen (secondary N) is 1. The van der Waals surface area contributed by atoms with Gasteiger partial charge in [-0.05, 0) is 42.0 Å². The molecule has 3 aromatic rings. The number of carbonyl (C=O) groups excluding carboxylic acids is 2. The van der Waals surface area contributed by atoms with Crippen molar-refractivity contribution >= 4 is 17.4 Å². The maximum Gasteiger partial charge on any atom is 0.338 e. The molecule has 1 atom stereocenters. The van der Waals surface area contributed by atoms with Crippen LogP contribution in [0.1, 0.15) is 72.8 Å². The van der Waals surface area contributed by atoms with Crippen molar-refractivity contribution in [2.75, 3.05) is 0 Å². The molecule has 3 N–H and O–H groups in total. The lowest BCUT2D eigenvalue weighted by molar-refractivity contribution is -0.114. The zero-order valence-corrected chi connectivity index (χ0v) is 21.6. The second-order valence-electron chi connectivity index (χ2n) is 9.47. The summed E-state index contributed by atoms with van der Waals surface area (Å²) in [6, 6.07) is 16.6. The smallest absolute Gasteiger partial charge is 0.338 e. The highest BCUT2D eigenvalue weighted by molar-refractivity contribution is 5.99. The van der Waals surface area contributed by atoms with E-state index in [4.69, 9.17) is 14.9 Å². The Labute approximate surface area is 216 Å². The van der Waals surface area contributed by atoms with Crippen LogP contribution in [0.15, 0.2) is 76.0 Å². The molecule has 0 radical (unpaired) electrons. The largest absolute Gasteiger partial charge is 0.457 e. The number of dihydropyridines is 1. The number of esters is 1. The van der Waals surface area contributed by atoms with Crippen LogP contribution in [0.2, 0.25) is 0 Å².